The average molecular weight is 465 g/mol. The fourth-order valence-corrected chi connectivity index (χ4v) is 6.59. The highest BCUT2D eigenvalue weighted by molar-refractivity contribution is 9.10. The van der Waals surface area contributed by atoms with Gasteiger partial charge in [0.05, 0.1) is 17.5 Å². The summed E-state index contributed by atoms with van der Waals surface area (Å²) in [5.41, 5.74) is 4.57. The molecule has 29 heavy (non-hydrogen) atoms. The Balaban J connectivity index is 1.64. The Morgan fingerprint density at radius 2 is 1.34 bits per heavy atom. The van der Waals surface area contributed by atoms with Crippen LogP contribution in [0, 0.1) is 11.8 Å². The average Bonchev–Trinajstić information content (AvgIpc) is 3.01. The number of carbonyl (C=O) groups is 2. The minimum Gasteiger partial charge on any atom is -0.274 e. The molecule has 2 atom stereocenters. The van der Waals surface area contributed by atoms with Crippen molar-refractivity contribution in [2.75, 3.05) is 4.90 Å². The standard InChI is InChI=1S/C24H15BrClNO2/c25-17-11-5-6-12-18(17)27-22(28)20-19-13-7-1-3-9-15(13)24(26,21(20)23(27)29)16-10-4-2-8-14(16)19/h1-12,19-21H/t19?,20-,21+,24?/m0/s1. The van der Waals surface area contributed by atoms with Crippen molar-refractivity contribution >= 4 is 45.0 Å². The molecular weight excluding hydrogens is 450 g/mol. The van der Waals surface area contributed by atoms with Crippen LogP contribution in [0.4, 0.5) is 5.69 Å². The van der Waals surface area contributed by atoms with Gasteiger partial charge >= 0.3 is 0 Å². The van der Waals surface area contributed by atoms with E-state index in [0.29, 0.717) is 10.2 Å². The van der Waals surface area contributed by atoms with Gasteiger partial charge in [0.15, 0.2) is 0 Å². The zero-order valence-corrected chi connectivity index (χ0v) is 17.5. The van der Waals surface area contributed by atoms with Crippen molar-refractivity contribution in [3.8, 4) is 0 Å². The van der Waals surface area contributed by atoms with Crippen LogP contribution in [0.2, 0.25) is 0 Å². The summed E-state index contributed by atoms with van der Waals surface area (Å²) in [6.07, 6.45) is 0. The number of benzene rings is 3. The highest BCUT2D eigenvalue weighted by Crippen LogP contribution is 2.66. The highest BCUT2D eigenvalue weighted by atomic mass is 79.9. The number of anilines is 1. The summed E-state index contributed by atoms with van der Waals surface area (Å²) < 4.78 is 0.714. The van der Waals surface area contributed by atoms with Crippen LogP contribution in [-0.4, -0.2) is 11.8 Å². The molecule has 1 saturated heterocycles. The van der Waals surface area contributed by atoms with Crippen molar-refractivity contribution < 1.29 is 9.59 Å². The summed E-state index contributed by atoms with van der Waals surface area (Å²) in [7, 11) is 0. The summed E-state index contributed by atoms with van der Waals surface area (Å²) >= 11 is 10.9. The minimum atomic E-state index is -1.05. The van der Waals surface area contributed by atoms with Crippen molar-refractivity contribution in [3.05, 3.63) is 99.5 Å². The zero-order valence-electron chi connectivity index (χ0n) is 15.2. The molecule has 0 N–H and O–H groups in total. The quantitative estimate of drug-likeness (QED) is 0.367. The van der Waals surface area contributed by atoms with E-state index in [0.717, 1.165) is 22.3 Å². The molecule has 0 radical (unpaired) electrons. The maximum absolute atomic E-state index is 13.7. The first-order valence-corrected chi connectivity index (χ1v) is 10.7. The van der Waals surface area contributed by atoms with Gasteiger partial charge in [-0.15, -0.1) is 11.6 Å². The molecule has 0 spiro atoms. The second-order valence-electron chi connectivity index (χ2n) is 7.83. The van der Waals surface area contributed by atoms with Gasteiger partial charge in [0.25, 0.3) is 0 Å². The van der Waals surface area contributed by atoms with Gasteiger partial charge in [-0.25, -0.2) is 4.90 Å². The maximum Gasteiger partial charge on any atom is 0.240 e. The predicted molar refractivity (Wildman–Crippen MR) is 115 cm³/mol. The molecule has 4 aliphatic rings. The molecule has 3 aromatic rings. The molecule has 3 aliphatic carbocycles. The van der Waals surface area contributed by atoms with Gasteiger partial charge in [0, 0.05) is 10.4 Å². The van der Waals surface area contributed by atoms with E-state index >= 15 is 0 Å². The van der Waals surface area contributed by atoms with Crippen LogP contribution in [0.25, 0.3) is 0 Å². The first-order chi connectivity index (χ1) is 14.0. The second kappa shape index (κ2) is 5.80. The smallest absolute Gasteiger partial charge is 0.240 e. The van der Waals surface area contributed by atoms with Crippen molar-refractivity contribution in [3.63, 3.8) is 0 Å². The molecule has 3 aromatic carbocycles. The number of amides is 2. The Bertz CT molecular complexity index is 1180. The third-order valence-electron chi connectivity index (χ3n) is 6.61. The molecule has 0 aromatic heterocycles. The van der Waals surface area contributed by atoms with E-state index in [2.05, 4.69) is 15.9 Å². The lowest BCUT2D eigenvalue weighted by molar-refractivity contribution is -0.122. The maximum atomic E-state index is 13.7. The molecule has 0 saturated carbocycles. The highest BCUT2D eigenvalue weighted by Gasteiger charge is 2.68. The van der Waals surface area contributed by atoms with Crippen LogP contribution in [0.3, 0.4) is 0 Å². The lowest BCUT2D eigenvalue weighted by Gasteiger charge is -2.50. The van der Waals surface area contributed by atoms with Gasteiger partial charge in [-0.3, -0.25) is 9.59 Å². The van der Waals surface area contributed by atoms with Gasteiger partial charge in [-0.1, -0.05) is 60.7 Å². The van der Waals surface area contributed by atoms with Crippen LogP contribution in [0.5, 0.6) is 0 Å². The van der Waals surface area contributed by atoms with Crippen molar-refractivity contribution in [2.24, 2.45) is 11.8 Å². The number of nitrogens with zero attached hydrogens (tertiary/aromatic N) is 1. The van der Waals surface area contributed by atoms with Crippen molar-refractivity contribution in [2.45, 2.75) is 10.8 Å². The fourth-order valence-electron chi connectivity index (χ4n) is 5.55. The molecule has 1 fully saturated rings. The van der Waals surface area contributed by atoms with Gasteiger partial charge < -0.3 is 0 Å². The van der Waals surface area contributed by atoms with E-state index < -0.39 is 16.7 Å². The summed E-state index contributed by atoms with van der Waals surface area (Å²) in [5.74, 6) is -1.70. The SMILES string of the molecule is O=C1[C@H]2C3c4ccccc4C(Cl)(c4ccccc43)[C@H]2C(=O)N1c1ccccc1Br. The van der Waals surface area contributed by atoms with Crippen LogP contribution < -0.4 is 4.90 Å². The number of imide groups is 1. The summed E-state index contributed by atoms with van der Waals surface area (Å²) in [5, 5.41) is 0. The Hall–Kier alpha value is -2.43. The molecule has 1 heterocycles. The molecule has 1 aliphatic heterocycles. The van der Waals surface area contributed by atoms with Crippen LogP contribution in [0.1, 0.15) is 28.2 Å². The molecule has 7 rings (SSSR count). The van der Waals surface area contributed by atoms with Crippen molar-refractivity contribution in [1.82, 2.24) is 0 Å². The van der Waals surface area contributed by atoms with E-state index in [-0.39, 0.29) is 17.7 Å². The number of hydrogen-bond donors (Lipinski definition) is 0. The van der Waals surface area contributed by atoms with Gasteiger partial charge in [-0.05, 0) is 50.3 Å². The third kappa shape index (κ3) is 1.99. The topological polar surface area (TPSA) is 37.4 Å². The minimum absolute atomic E-state index is 0.169. The molecular formula is C24H15BrClNO2. The second-order valence-corrected chi connectivity index (χ2v) is 9.28. The molecule has 142 valence electrons. The molecule has 5 heteroatoms. The molecule has 0 unspecified atom stereocenters. The lowest BCUT2D eigenvalue weighted by Crippen LogP contribution is -2.50. The first kappa shape index (κ1) is 17.4. The number of para-hydroxylation sites is 1. The molecule has 3 nitrogen and oxygen atoms in total. The summed E-state index contributed by atoms with van der Waals surface area (Å²) in [4.78, 5) is 27.7. The van der Waals surface area contributed by atoms with E-state index in [9.17, 15) is 9.59 Å². The molecule has 2 amide bonds. The fraction of sp³-hybridized carbons (Fsp3) is 0.167. The Labute approximate surface area is 181 Å². The van der Waals surface area contributed by atoms with E-state index in [1.807, 2.05) is 66.7 Å². The molecule has 2 bridgehead atoms. The summed E-state index contributed by atoms with van der Waals surface area (Å²) in [6, 6.07) is 23.3. The van der Waals surface area contributed by atoms with Gasteiger partial charge in [0.2, 0.25) is 11.8 Å². The van der Waals surface area contributed by atoms with Gasteiger partial charge in [-0.2, -0.15) is 0 Å². The van der Waals surface area contributed by atoms with Crippen LogP contribution in [-0.2, 0) is 14.5 Å². The van der Waals surface area contributed by atoms with Crippen LogP contribution in [0.15, 0.2) is 77.3 Å². The predicted octanol–water partition coefficient (Wildman–Crippen LogP) is 5.20. The normalized spacial score (nSPS) is 28.9. The van der Waals surface area contributed by atoms with Gasteiger partial charge in [0.1, 0.15) is 4.87 Å². The monoisotopic (exact) mass is 463 g/mol. The van der Waals surface area contributed by atoms with E-state index in [4.69, 9.17) is 11.6 Å². The van der Waals surface area contributed by atoms with Crippen molar-refractivity contribution in [1.29, 1.82) is 0 Å². The Kier molecular flexibility index (Phi) is 3.49. The third-order valence-corrected chi connectivity index (χ3v) is 7.92. The number of halogens is 2. The lowest BCUT2D eigenvalue weighted by atomic mass is 9.54. The summed E-state index contributed by atoms with van der Waals surface area (Å²) in [6.45, 7) is 0. The zero-order chi connectivity index (χ0) is 19.9. The Morgan fingerprint density at radius 3 is 1.97 bits per heavy atom. The number of alkyl halides is 1. The number of rotatable bonds is 1. The van der Waals surface area contributed by atoms with E-state index in [1.165, 1.54) is 4.90 Å². The van der Waals surface area contributed by atoms with E-state index in [1.54, 1.807) is 6.07 Å². The largest absolute Gasteiger partial charge is 0.274 e. The first-order valence-electron chi connectivity index (χ1n) is 9.55. The Morgan fingerprint density at radius 1 is 0.793 bits per heavy atom. The number of carbonyl (C=O) groups excluding carboxylic acids is 2. The van der Waals surface area contributed by atoms with Crippen LogP contribution >= 0.6 is 27.5 Å². The number of hydrogen-bond acceptors (Lipinski definition) is 2.